The summed E-state index contributed by atoms with van der Waals surface area (Å²) in [6.07, 6.45) is 2.20. The van der Waals surface area contributed by atoms with E-state index in [2.05, 4.69) is 72.0 Å². The molecular formula is C24H34N2OSi. The van der Waals surface area contributed by atoms with Crippen LogP contribution in [0.15, 0.2) is 61.2 Å². The second kappa shape index (κ2) is 10.7. The van der Waals surface area contributed by atoms with Crippen LogP contribution >= 0.6 is 0 Å². The van der Waals surface area contributed by atoms with Gasteiger partial charge in [-0.05, 0) is 36.7 Å². The summed E-state index contributed by atoms with van der Waals surface area (Å²) in [5, 5.41) is 1.50. The van der Waals surface area contributed by atoms with Crippen LogP contribution in [-0.4, -0.2) is 71.7 Å². The molecule has 1 unspecified atom stereocenters. The molecule has 1 atom stereocenters. The highest BCUT2D eigenvalue weighted by Crippen LogP contribution is 2.20. The lowest BCUT2D eigenvalue weighted by Gasteiger charge is -2.32. The van der Waals surface area contributed by atoms with Gasteiger partial charge >= 0.3 is 0 Å². The van der Waals surface area contributed by atoms with Crippen LogP contribution < -0.4 is 5.19 Å². The van der Waals surface area contributed by atoms with Gasteiger partial charge in [-0.2, -0.15) is 0 Å². The summed E-state index contributed by atoms with van der Waals surface area (Å²) in [6.45, 7) is 10.3. The van der Waals surface area contributed by atoms with Crippen LogP contribution in [0.3, 0.4) is 0 Å². The van der Waals surface area contributed by atoms with Gasteiger partial charge in [-0.3, -0.25) is 0 Å². The Balaban J connectivity index is 1.56. The van der Waals surface area contributed by atoms with Gasteiger partial charge in [-0.1, -0.05) is 72.4 Å². The molecule has 1 fully saturated rings. The van der Waals surface area contributed by atoms with E-state index in [-0.39, 0.29) is 0 Å². The molecule has 1 saturated heterocycles. The van der Waals surface area contributed by atoms with Crippen LogP contribution in [0.4, 0.5) is 0 Å². The quantitative estimate of drug-likeness (QED) is 0.608. The normalized spacial score (nSPS) is 16.8. The van der Waals surface area contributed by atoms with Gasteiger partial charge in [-0.15, -0.1) is 0 Å². The minimum Gasteiger partial charge on any atom is -0.388 e. The number of nitrogens with zero attached hydrogens (tertiary/aromatic N) is 2. The fourth-order valence-electron chi connectivity index (χ4n) is 3.94. The molecule has 4 heteroatoms. The summed E-state index contributed by atoms with van der Waals surface area (Å²) >= 11 is 0. The third-order valence-electron chi connectivity index (χ3n) is 5.84. The van der Waals surface area contributed by atoms with Gasteiger partial charge in [0.25, 0.3) is 0 Å². The zero-order chi connectivity index (χ0) is 19.8. The molecule has 2 aromatic carbocycles. The van der Waals surface area contributed by atoms with E-state index in [4.69, 9.17) is 4.74 Å². The standard InChI is InChI=1S/C24H34N2OSi/c1-21(22-8-5-4-6-9-22)23-10-12-24(13-11-23)28(20-27-3)19-7-14-26-17-15-25(2)16-18-26/h4-6,8-13,28H,1,7,14-20H2,2-3H3. The summed E-state index contributed by atoms with van der Waals surface area (Å²) in [5.41, 5.74) is 3.48. The lowest BCUT2D eigenvalue weighted by molar-refractivity contribution is 0.154. The largest absolute Gasteiger partial charge is 0.388 e. The van der Waals surface area contributed by atoms with E-state index < -0.39 is 8.80 Å². The van der Waals surface area contributed by atoms with E-state index in [0.29, 0.717) is 0 Å². The van der Waals surface area contributed by atoms with Crippen LogP contribution in [-0.2, 0) is 4.74 Å². The molecule has 0 radical (unpaired) electrons. The van der Waals surface area contributed by atoms with Crippen molar-refractivity contribution >= 4 is 19.6 Å². The smallest absolute Gasteiger partial charge is 0.100 e. The number of benzene rings is 2. The van der Waals surface area contributed by atoms with E-state index in [1.165, 1.54) is 61.5 Å². The van der Waals surface area contributed by atoms with Crippen LogP contribution in [0.1, 0.15) is 17.5 Å². The summed E-state index contributed by atoms with van der Waals surface area (Å²) in [7, 11) is 2.97. The summed E-state index contributed by atoms with van der Waals surface area (Å²) in [6, 6.07) is 20.8. The van der Waals surface area contributed by atoms with Crippen LogP contribution in [0.25, 0.3) is 5.57 Å². The van der Waals surface area contributed by atoms with Gasteiger partial charge in [0, 0.05) is 39.5 Å². The molecule has 0 aromatic heterocycles. The highest BCUT2D eigenvalue weighted by atomic mass is 28.3. The molecule has 3 rings (SSSR count). The number of ether oxygens (including phenoxy) is 1. The van der Waals surface area contributed by atoms with Gasteiger partial charge in [0.15, 0.2) is 0 Å². The van der Waals surface area contributed by atoms with Gasteiger partial charge < -0.3 is 14.5 Å². The van der Waals surface area contributed by atoms with Crippen LogP contribution in [0, 0.1) is 0 Å². The molecule has 0 amide bonds. The first kappa shape index (κ1) is 21.0. The number of hydrogen-bond donors (Lipinski definition) is 0. The summed E-state index contributed by atoms with van der Waals surface area (Å²) in [4.78, 5) is 5.04. The Morgan fingerprint density at radius 1 is 0.964 bits per heavy atom. The SMILES string of the molecule is C=C(c1ccccc1)c1ccc([SiH](CCCN2CCN(C)CC2)COC)cc1. The fourth-order valence-corrected chi connectivity index (χ4v) is 6.45. The van der Waals surface area contributed by atoms with Crippen molar-refractivity contribution in [3.05, 3.63) is 72.3 Å². The molecule has 28 heavy (non-hydrogen) atoms. The second-order valence-electron chi connectivity index (χ2n) is 7.91. The summed E-state index contributed by atoms with van der Waals surface area (Å²) in [5.74, 6) is 0. The Morgan fingerprint density at radius 3 is 2.25 bits per heavy atom. The highest BCUT2D eigenvalue weighted by Gasteiger charge is 2.17. The van der Waals surface area contributed by atoms with E-state index >= 15 is 0 Å². The molecular weight excluding hydrogens is 360 g/mol. The number of likely N-dealkylation sites (N-methyl/N-ethyl adjacent to an activating group) is 1. The second-order valence-corrected chi connectivity index (χ2v) is 10.9. The third-order valence-corrected chi connectivity index (χ3v) is 9.01. The van der Waals surface area contributed by atoms with Gasteiger partial charge in [0.2, 0.25) is 0 Å². The molecule has 1 heterocycles. The number of methoxy groups -OCH3 is 1. The maximum absolute atomic E-state index is 5.59. The van der Waals surface area contributed by atoms with Crippen molar-refractivity contribution in [3.63, 3.8) is 0 Å². The van der Waals surface area contributed by atoms with Crippen LogP contribution in [0.5, 0.6) is 0 Å². The predicted octanol–water partition coefficient (Wildman–Crippen LogP) is 3.01. The lowest BCUT2D eigenvalue weighted by atomic mass is 10.00. The molecule has 0 saturated carbocycles. The van der Waals surface area contributed by atoms with Crippen molar-refractivity contribution in [2.45, 2.75) is 12.5 Å². The van der Waals surface area contributed by atoms with E-state index in [0.717, 1.165) is 11.8 Å². The predicted molar refractivity (Wildman–Crippen MR) is 123 cm³/mol. The maximum Gasteiger partial charge on any atom is 0.100 e. The van der Waals surface area contributed by atoms with Gasteiger partial charge in [0.05, 0.1) is 0 Å². The zero-order valence-corrected chi connectivity index (χ0v) is 18.6. The highest BCUT2D eigenvalue weighted by molar-refractivity contribution is 6.73. The van der Waals surface area contributed by atoms with Crippen molar-refractivity contribution in [2.24, 2.45) is 0 Å². The molecule has 0 aliphatic carbocycles. The molecule has 2 aromatic rings. The van der Waals surface area contributed by atoms with E-state index in [1.807, 2.05) is 13.2 Å². The van der Waals surface area contributed by atoms with Crippen LogP contribution in [0.2, 0.25) is 6.04 Å². The van der Waals surface area contributed by atoms with E-state index in [9.17, 15) is 0 Å². The Hall–Kier alpha value is -1.72. The Morgan fingerprint density at radius 2 is 1.61 bits per heavy atom. The molecule has 0 bridgehead atoms. The Kier molecular flexibility index (Phi) is 8.04. The average Bonchev–Trinajstić information content (AvgIpc) is 2.75. The van der Waals surface area contributed by atoms with Gasteiger partial charge in [-0.25, -0.2) is 0 Å². The third kappa shape index (κ3) is 5.88. The molecule has 150 valence electrons. The van der Waals surface area contributed by atoms with Crippen molar-refractivity contribution in [3.8, 4) is 0 Å². The van der Waals surface area contributed by atoms with Gasteiger partial charge in [0.1, 0.15) is 8.80 Å². The minimum atomic E-state index is -1.09. The molecule has 0 spiro atoms. The average molecular weight is 395 g/mol. The fraction of sp³-hybridized carbons (Fsp3) is 0.417. The summed E-state index contributed by atoms with van der Waals surface area (Å²) < 4.78 is 5.59. The first-order chi connectivity index (χ1) is 13.7. The number of hydrogen-bond acceptors (Lipinski definition) is 3. The minimum absolute atomic E-state index is 0.918. The molecule has 1 aliphatic rings. The topological polar surface area (TPSA) is 15.7 Å². The van der Waals surface area contributed by atoms with Crippen molar-refractivity contribution in [2.75, 3.05) is 53.1 Å². The Labute approximate surface area is 172 Å². The first-order valence-electron chi connectivity index (χ1n) is 10.4. The first-order valence-corrected chi connectivity index (χ1v) is 12.6. The maximum atomic E-state index is 5.59. The monoisotopic (exact) mass is 394 g/mol. The molecule has 3 nitrogen and oxygen atoms in total. The Bertz CT molecular complexity index is 724. The molecule has 1 aliphatic heterocycles. The van der Waals surface area contributed by atoms with Crippen molar-refractivity contribution in [1.29, 1.82) is 0 Å². The number of rotatable bonds is 9. The zero-order valence-electron chi connectivity index (χ0n) is 17.4. The number of piperazine rings is 1. The van der Waals surface area contributed by atoms with E-state index in [1.54, 1.807) is 0 Å². The molecule has 0 N–H and O–H groups in total. The lowest BCUT2D eigenvalue weighted by Crippen LogP contribution is -2.45. The van der Waals surface area contributed by atoms with Crippen molar-refractivity contribution < 1.29 is 4.74 Å². The van der Waals surface area contributed by atoms with Crippen molar-refractivity contribution in [1.82, 2.24) is 9.80 Å².